The van der Waals surface area contributed by atoms with Crippen LogP contribution in [0.25, 0.3) is 0 Å². The Labute approximate surface area is 95.3 Å². The van der Waals surface area contributed by atoms with Crippen LogP contribution in [-0.2, 0) is 17.4 Å². The molecule has 3 nitrogen and oxygen atoms in total. The van der Waals surface area contributed by atoms with Crippen LogP contribution in [0.1, 0.15) is 24.1 Å². The fourth-order valence-corrected chi connectivity index (χ4v) is 1.82. The zero-order valence-electron chi connectivity index (χ0n) is 8.79. The molecule has 1 fully saturated rings. The van der Waals surface area contributed by atoms with Gasteiger partial charge in [0.15, 0.2) is 0 Å². The van der Waals surface area contributed by atoms with Gasteiger partial charge in [-0.15, -0.1) is 0 Å². The van der Waals surface area contributed by atoms with Gasteiger partial charge in [-0.25, -0.2) is 0 Å². The summed E-state index contributed by atoms with van der Waals surface area (Å²) in [6.45, 7) is 0. The second kappa shape index (κ2) is 3.72. The summed E-state index contributed by atoms with van der Waals surface area (Å²) < 4.78 is 37.9. The van der Waals surface area contributed by atoms with Crippen LogP contribution < -0.4 is 0 Å². The molecule has 1 N–H and O–H groups in total. The highest BCUT2D eigenvalue weighted by Crippen LogP contribution is 2.49. The van der Waals surface area contributed by atoms with Crippen LogP contribution in [0.2, 0.25) is 0 Å². The first kappa shape index (κ1) is 11.9. The lowest BCUT2D eigenvalue weighted by molar-refractivity contribution is -0.145. The van der Waals surface area contributed by atoms with Gasteiger partial charge in [-0.3, -0.25) is 9.78 Å². The molecule has 17 heavy (non-hydrogen) atoms. The van der Waals surface area contributed by atoms with Crippen molar-refractivity contribution in [3.63, 3.8) is 0 Å². The molecule has 0 radical (unpaired) electrons. The van der Waals surface area contributed by atoms with Gasteiger partial charge >= 0.3 is 12.1 Å². The van der Waals surface area contributed by atoms with E-state index < -0.39 is 23.3 Å². The Morgan fingerprint density at radius 2 is 2.12 bits per heavy atom. The van der Waals surface area contributed by atoms with Crippen LogP contribution in [0.3, 0.4) is 0 Å². The Hall–Kier alpha value is -1.59. The fourth-order valence-electron chi connectivity index (χ4n) is 1.82. The topological polar surface area (TPSA) is 50.2 Å². The quantitative estimate of drug-likeness (QED) is 0.890. The van der Waals surface area contributed by atoms with Crippen molar-refractivity contribution in [2.24, 2.45) is 5.41 Å². The number of hydrogen-bond acceptors (Lipinski definition) is 2. The highest BCUT2D eigenvalue weighted by Gasteiger charge is 2.51. The number of carbonyl (C=O) groups is 1. The molecule has 0 unspecified atom stereocenters. The first-order chi connectivity index (χ1) is 7.85. The second-order valence-electron chi connectivity index (χ2n) is 4.27. The summed E-state index contributed by atoms with van der Waals surface area (Å²) in [4.78, 5) is 14.3. The van der Waals surface area contributed by atoms with Crippen molar-refractivity contribution < 1.29 is 23.1 Å². The first-order valence-electron chi connectivity index (χ1n) is 5.10. The summed E-state index contributed by atoms with van der Waals surface area (Å²) in [6, 6.07) is 2.68. The lowest BCUT2D eigenvalue weighted by Crippen LogP contribution is -2.21. The summed E-state index contributed by atoms with van der Waals surface area (Å²) in [5.74, 6) is -1.03. The van der Waals surface area contributed by atoms with Crippen molar-refractivity contribution in [1.29, 1.82) is 0 Å². The molecule has 1 aliphatic carbocycles. The van der Waals surface area contributed by atoms with E-state index in [9.17, 15) is 18.0 Å². The zero-order chi connectivity index (χ0) is 12.7. The predicted molar refractivity (Wildman–Crippen MR) is 52.2 cm³/mol. The van der Waals surface area contributed by atoms with E-state index in [0.717, 1.165) is 6.20 Å². The fraction of sp³-hybridized carbons (Fsp3) is 0.455. The average Bonchev–Trinajstić information content (AvgIpc) is 2.98. The summed E-state index contributed by atoms with van der Waals surface area (Å²) >= 11 is 0. The molecule has 0 spiro atoms. The van der Waals surface area contributed by atoms with E-state index in [1.54, 1.807) is 0 Å². The number of pyridine rings is 1. The molecule has 0 aliphatic heterocycles. The third kappa shape index (κ3) is 2.25. The minimum absolute atomic E-state index is 0.0418. The van der Waals surface area contributed by atoms with E-state index in [1.165, 1.54) is 12.1 Å². The summed E-state index contributed by atoms with van der Waals surface area (Å²) in [5.41, 5.74) is -2.03. The van der Waals surface area contributed by atoms with Gasteiger partial charge < -0.3 is 5.11 Å². The predicted octanol–water partition coefficient (Wildman–Crippen LogP) is 2.51. The lowest BCUT2D eigenvalue weighted by Gasteiger charge is -2.14. The molecule has 1 aliphatic rings. The Bertz CT molecular complexity index is 452. The molecule has 6 heteroatoms. The van der Waals surface area contributed by atoms with Crippen LogP contribution in [0.4, 0.5) is 13.2 Å². The van der Waals surface area contributed by atoms with Crippen LogP contribution >= 0.6 is 0 Å². The second-order valence-corrected chi connectivity index (χ2v) is 4.27. The van der Waals surface area contributed by atoms with Crippen molar-refractivity contribution in [3.05, 3.63) is 29.6 Å². The zero-order valence-corrected chi connectivity index (χ0v) is 8.79. The van der Waals surface area contributed by atoms with Crippen molar-refractivity contribution in [2.45, 2.75) is 25.4 Å². The SMILES string of the molecule is O=C(O)C1(Cc2cccnc2C(F)(F)F)CC1. The molecule has 1 saturated carbocycles. The van der Waals surface area contributed by atoms with E-state index in [-0.39, 0.29) is 12.0 Å². The number of aromatic nitrogens is 1. The normalized spacial score (nSPS) is 17.8. The molecule has 0 aromatic carbocycles. The minimum atomic E-state index is -4.54. The molecule has 2 rings (SSSR count). The molecular weight excluding hydrogens is 235 g/mol. The summed E-state index contributed by atoms with van der Waals surface area (Å²) in [7, 11) is 0. The Morgan fingerprint density at radius 1 is 1.47 bits per heavy atom. The first-order valence-corrected chi connectivity index (χ1v) is 5.10. The van der Waals surface area contributed by atoms with Crippen LogP contribution in [0.5, 0.6) is 0 Å². The van der Waals surface area contributed by atoms with Gasteiger partial charge in [0.25, 0.3) is 0 Å². The van der Waals surface area contributed by atoms with Crippen molar-refractivity contribution in [3.8, 4) is 0 Å². The van der Waals surface area contributed by atoms with Gasteiger partial charge in [-0.1, -0.05) is 6.07 Å². The van der Waals surface area contributed by atoms with Crippen molar-refractivity contribution in [1.82, 2.24) is 4.98 Å². The number of hydrogen-bond donors (Lipinski definition) is 1. The van der Waals surface area contributed by atoms with E-state index in [1.807, 2.05) is 0 Å². The number of halogens is 3. The third-order valence-electron chi connectivity index (χ3n) is 3.00. The molecule has 0 atom stereocenters. The largest absolute Gasteiger partial charge is 0.481 e. The maximum atomic E-state index is 12.6. The maximum Gasteiger partial charge on any atom is 0.433 e. The molecule has 0 saturated heterocycles. The molecule has 0 amide bonds. The van der Waals surface area contributed by atoms with Crippen molar-refractivity contribution >= 4 is 5.97 Å². The molecule has 0 bridgehead atoms. The molecule has 1 aromatic rings. The van der Waals surface area contributed by atoms with Gasteiger partial charge in [0.05, 0.1) is 5.41 Å². The number of alkyl halides is 3. The van der Waals surface area contributed by atoms with E-state index >= 15 is 0 Å². The van der Waals surface area contributed by atoms with E-state index in [0.29, 0.717) is 12.8 Å². The summed E-state index contributed by atoms with van der Waals surface area (Å²) in [6.07, 6.45) is -2.73. The smallest absolute Gasteiger partial charge is 0.433 e. The number of carboxylic acid groups (broad SMARTS) is 1. The van der Waals surface area contributed by atoms with Gasteiger partial charge in [0.2, 0.25) is 0 Å². The highest BCUT2D eigenvalue weighted by molar-refractivity contribution is 5.78. The number of nitrogens with zero attached hydrogens (tertiary/aromatic N) is 1. The van der Waals surface area contributed by atoms with E-state index in [4.69, 9.17) is 5.11 Å². The van der Waals surface area contributed by atoms with Gasteiger partial charge in [0.1, 0.15) is 5.69 Å². The minimum Gasteiger partial charge on any atom is -0.481 e. The Kier molecular flexibility index (Phi) is 2.60. The molecule has 92 valence electrons. The molecular formula is C11H10F3NO2. The summed E-state index contributed by atoms with van der Waals surface area (Å²) in [5, 5.41) is 8.96. The van der Waals surface area contributed by atoms with Gasteiger partial charge in [-0.2, -0.15) is 13.2 Å². The third-order valence-corrected chi connectivity index (χ3v) is 3.00. The van der Waals surface area contributed by atoms with Gasteiger partial charge in [0, 0.05) is 6.20 Å². The van der Waals surface area contributed by atoms with Gasteiger partial charge in [-0.05, 0) is 30.9 Å². The van der Waals surface area contributed by atoms with E-state index in [2.05, 4.69) is 4.98 Å². The number of carboxylic acids is 1. The van der Waals surface area contributed by atoms with Crippen LogP contribution in [0.15, 0.2) is 18.3 Å². The monoisotopic (exact) mass is 245 g/mol. The lowest BCUT2D eigenvalue weighted by atomic mass is 9.95. The van der Waals surface area contributed by atoms with Crippen LogP contribution in [0, 0.1) is 5.41 Å². The van der Waals surface area contributed by atoms with Crippen molar-refractivity contribution in [2.75, 3.05) is 0 Å². The van der Waals surface area contributed by atoms with Crippen LogP contribution in [-0.4, -0.2) is 16.1 Å². The molecule has 1 heterocycles. The molecule has 1 aromatic heterocycles. The maximum absolute atomic E-state index is 12.6. The standard InChI is InChI=1S/C11H10F3NO2/c12-11(13,14)8-7(2-1-5-15-8)6-10(3-4-10)9(16)17/h1-2,5H,3-4,6H2,(H,16,17). The number of rotatable bonds is 3. The highest BCUT2D eigenvalue weighted by atomic mass is 19.4. The number of aliphatic carboxylic acids is 1. The Morgan fingerprint density at radius 3 is 2.59 bits per heavy atom. The Balaban J connectivity index is 2.31. The average molecular weight is 245 g/mol.